The number of amides is 1. The van der Waals surface area contributed by atoms with Gasteiger partial charge in [-0.3, -0.25) is 9.69 Å². The van der Waals surface area contributed by atoms with E-state index in [0.29, 0.717) is 37.5 Å². The molecule has 2 fully saturated rings. The van der Waals surface area contributed by atoms with Crippen LogP contribution < -0.4 is 0 Å². The number of aliphatic hydroxyl groups excluding tert-OH is 1. The maximum atomic E-state index is 12.7. The van der Waals surface area contributed by atoms with Gasteiger partial charge in [0.2, 0.25) is 0 Å². The Labute approximate surface area is 190 Å². The van der Waals surface area contributed by atoms with Crippen LogP contribution in [0.25, 0.3) is 0 Å². The van der Waals surface area contributed by atoms with Crippen LogP contribution in [-0.2, 0) is 17.9 Å². The maximum Gasteiger partial charge on any atom is 0.251 e. The number of carbonyl (C=O) groups excluding carboxylic acids is 1. The summed E-state index contributed by atoms with van der Waals surface area (Å²) in [4.78, 5) is 21.2. The Kier molecular flexibility index (Phi) is 7.56. The highest BCUT2D eigenvalue weighted by atomic mass is 16.3. The lowest BCUT2D eigenvalue weighted by atomic mass is 9.85. The van der Waals surface area contributed by atoms with E-state index in [2.05, 4.69) is 20.5 Å². The molecule has 1 amide bonds. The molecule has 2 aromatic rings. The number of benzene rings is 1. The molecular formula is C25H33N5O2. The molecule has 170 valence electrons. The van der Waals surface area contributed by atoms with E-state index >= 15 is 0 Å². The van der Waals surface area contributed by atoms with Gasteiger partial charge in [0.05, 0.1) is 23.7 Å². The fraction of sp³-hybridized carbons (Fsp3) is 0.560. The van der Waals surface area contributed by atoms with Crippen molar-refractivity contribution in [1.29, 1.82) is 5.26 Å². The molecule has 1 aliphatic carbocycles. The first-order valence-electron chi connectivity index (χ1n) is 11.8. The minimum atomic E-state index is -0.849. The van der Waals surface area contributed by atoms with E-state index in [0.717, 1.165) is 43.7 Å². The van der Waals surface area contributed by atoms with Crippen LogP contribution in [0.3, 0.4) is 0 Å². The van der Waals surface area contributed by atoms with Crippen molar-refractivity contribution in [2.45, 2.75) is 57.7 Å². The van der Waals surface area contributed by atoms with Gasteiger partial charge in [-0.1, -0.05) is 44.2 Å². The summed E-state index contributed by atoms with van der Waals surface area (Å²) in [6, 6.07) is 9.78. The van der Waals surface area contributed by atoms with Crippen LogP contribution in [0.1, 0.15) is 55.3 Å². The monoisotopic (exact) mass is 435 g/mol. The van der Waals surface area contributed by atoms with Crippen molar-refractivity contribution < 1.29 is 9.90 Å². The number of aliphatic hydroxyl groups is 1. The molecule has 1 N–H and O–H groups in total. The average Bonchev–Trinajstić information content (AvgIpc) is 3.26. The third-order valence-electron chi connectivity index (χ3n) is 6.87. The van der Waals surface area contributed by atoms with Crippen LogP contribution in [0.15, 0.2) is 36.8 Å². The molecule has 32 heavy (non-hydrogen) atoms. The zero-order valence-electron chi connectivity index (χ0n) is 18.7. The van der Waals surface area contributed by atoms with E-state index in [-0.39, 0.29) is 5.91 Å². The van der Waals surface area contributed by atoms with E-state index < -0.39 is 6.10 Å². The van der Waals surface area contributed by atoms with Crippen molar-refractivity contribution in [3.05, 3.63) is 53.6 Å². The average molecular weight is 436 g/mol. The number of imidazole rings is 1. The number of hydrogen-bond donors (Lipinski definition) is 1. The number of nitrogens with zero attached hydrogens (tertiary/aromatic N) is 5. The summed E-state index contributed by atoms with van der Waals surface area (Å²) in [5.74, 6) is 0.404. The maximum absolute atomic E-state index is 12.7. The van der Waals surface area contributed by atoms with Crippen molar-refractivity contribution in [1.82, 2.24) is 19.4 Å². The Bertz CT molecular complexity index is 919. The number of piperazine rings is 1. The molecular weight excluding hydrogens is 402 g/mol. The number of nitriles is 1. The number of carbonyl (C=O) groups is 1. The molecule has 1 saturated heterocycles. The molecule has 4 rings (SSSR count). The second-order valence-corrected chi connectivity index (χ2v) is 9.18. The molecule has 1 atom stereocenters. The molecule has 2 heterocycles. The number of hydrogen-bond acceptors (Lipinski definition) is 5. The van der Waals surface area contributed by atoms with Gasteiger partial charge >= 0.3 is 0 Å². The van der Waals surface area contributed by atoms with E-state index in [4.69, 9.17) is 5.26 Å². The van der Waals surface area contributed by atoms with Crippen LogP contribution in [-0.4, -0.2) is 62.6 Å². The van der Waals surface area contributed by atoms with Crippen molar-refractivity contribution in [2.75, 3.05) is 26.2 Å². The Morgan fingerprint density at radius 3 is 2.50 bits per heavy atom. The third kappa shape index (κ3) is 5.76. The molecule has 2 aliphatic rings. The minimum Gasteiger partial charge on any atom is -0.383 e. The Hall–Kier alpha value is -2.69. The highest BCUT2D eigenvalue weighted by Gasteiger charge is 2.28. The topological polar surface area (TPSA) is 85.4 Å². The van der Waals surface area contributed by atoms with Gasteiger partial charge in [0.1, 0.15) is 6.10 Å². The van der Waals surface area contributed by atoms with Crippen LogP contribution >= 0.6 is 0 Å². The van der Waals surface area contributed by atoms with Crippen molar-refractivity contribution in [3.8, 4) is 6.07 Å². The second-order valence-electron chi connectivity index (χ2n) is 9.18. The van der Waals surface area contributed by atoms with Crippen molar-refractivity contribution in [3.63, 3.8) is 0 Å². The van der Waals surface area contributed by atoms with Gasteiger partial charge in [0.15, 0.2) is 0 Å². The normalized spacial score (nSPS) is 18.9. The van der Waals surface area contributed by atoms with Gasteiger partial charge in [0.25, 0.3) is 5.91 Å². The molecule has 1 aromatic heterocycles. The summed E-state index contributed by atoms with van der Waals surface area (Å²) in [7, 11) is 0. The van der Waals surface area contributed by atoms with E-state index in [1.807, 2.05) is 41.7 Å². The second kappa shape index (κ2) is 10.8. The van der Waals surface area contributed by atoms with Crippen molar-refractivity contribution in [2.24, 2.45) is 5.92 Å². The van der Waals surface area contributed by atoms with Crippen molar-refractivity contribution >= 4 is 5.91 Å². The highest BCUT2D eigenvalue weighted by Crippen LogP contribution is 2.27. The van der Waals surface area contributed by atoms with E-state index in [9.17, 15) is 9.90 Å². The predicted molar refractivity (Wildman–Crippen MR) is 122 cm³/mol. The SMILES string of the molecule is N#Cc1ccc(Cn2cncc2CN2CCN(C(=O)C(O)CC3CCCCC3)CC2)cc1. The van der Waals surface area contributed by atoms with Crippen LogP contribution in [0.4, 0.5) is 0 Å². The molecule has 1 aromatic carbocycles. The Balaban J connectivity index is 1.26. The van der Waals surface area contributed by atoms with Crippen LogP contribution in [0, 0.1) is 17.2 Å². The van der Waals surface area contributed by atoms with Gasteiger partial charge in [-0.15, -0.1) is 0 Å². The Morgan fingerprint density at radius 2 is 1.81 bits per heavy atom. The van der Waals surface area contributed by atoms with Gasteiger partial charge in [-0.25, -0.2) is 4.98 Å². The predicted octanol–water partition coefficient (Wildman–Crippen LogP) is 2.78. The zero-order valence-corrected chi connectivity index (χ0v) is 18.7. The van der Waals surface area contributed by atoms with E-state index in [1.54, 1.807) is 0 Å². The summed E-state index contributed by atoms with van der Waals surface area (Å²) < 4.78 is 2.13. The van der Waals surface area contributed by atoms with Gasteiger partial charge in [0, 0.05) is 45.5 Å². The lowest BCUT2D eigenvalue weighted by molar-refractivity contribution is -0.143. The summed E-state index contributed by atoms with van der Waals surface area (Å²) in [6.07, 6.45) is 9.55. The Morgan fingerprint density at radius 1 is 1.09 bits per heavy atom. The summed E-state index contributed by atoms with van der Waals surface area (Å²) in [6.45, 7) is 4.40. The molecule has 1 saturated carbocycles. The first-order valence-corrected chi connectivity index (χ1v) is 11.8. The molecule has 0 spiro atoms. The molecule has 7 heteroatoms. The van der Waals surface area contributed by atoms with Crippen LogP contribution in [0.2, 0.25) is 0 Å². The molecule has 0 bridgehead atoms. The smallest absolute Gasteiger partial charge is 0.251 e. The first kappa shape index (κ1) is 22.5. The van der Waals surface area contributed by atoms with Crippen LogP contribution in [0.5, 0.6) is 0 Å². The minimum absolute atomic E-state index is 0.0962. The zero-order chi connectivity index (χ0) is 22.3. The molecule has 7 nitrogen and oxygen atoms in total. The molecule has 0 radical (unpaired) electrons. The quantitative estimate of drug-likeness (QED) is 0.723. The lowest BCUT2D eigenvalue weighted by Gasteiger charge is -2.36. The summed E-state index contributed by atoms with van der Waals surface area (Å²) in [5.41, 5.74) is 2.92. The standard InChI is InChI=1S/C25H33N5O2/c26-15-21-6-8-22(9-7-21)17-30-19-27-16-23(30)18-28-10-12-29(13-11-28)25(32)24(31)14-20-4-2-1-3-5-20/h6-9,16,19-20,24,31H,1-5,10-14,17-18H2. The fourth-order valence-electron chi connectivity index (χ4n) is 4.91. The highest BCUT2D eigenvalue weighted by molar-refractivity contribution is 5.80. The molecule has 1 unspecified atom stereocenters. The van der Waals surface area contributed by atoms with Gasteiger partial charge < -0.3 is 14.6 Å². The first-order chi connectivity index (χ1) is 15.6. The molecule has 1 aliphatic heterocycles. The number of rotatable bonds is 7. The van der Waals surface area contributed by atoms with E-state index in [1.165, 1.54) is 19.3 Å². The largest absolute Gasteiger partial charge is 0.383 e. The fourth-order valence-corrected chi connectivity index (χ4v) is 4.91. The summed E-state index contributed by atoms with van der Waals surface area (Å²) in [5, 5.41) is 19.4. The summed E-state index contributed by atoms with van der Waals surface area (Å²) >= 11 is 0. The third-order valence-corrected chi connectivity index (χ3v) is 6.87. The lowest BCUT2D eigenvalue weighted by Crippen LogP contribution is -2.51. The van der Waals surface area contributed by atoms with Gasteiger partial charge in [-0.2, -0.15) is 5.26 Å². The van der Waals surface area contributed by atoms with Gasteiger partial charge in [-0.05, 0) is 30.0 Å². The number of aromatic nitrogens is 2.